The van der Waals surface area contributed by atoms with Gasteiger partial charge >= 0.3 is 5.97 Å². The normalized spacial score (nSPS) is 15.3. The Morgan fingerprint density at radius 1 is 1.00 bits per heavy atom. The number of rotatable bonds is 16. The molecule has 5 nitrogen and oxygen atoms in total. The molecule has 29 heavy (non-hydrogen) atoms. The number of esters is 1. The van der Waals surface area contributed by atoms with Crippen LogP contribution in [0.15, 0.2) is 30.3 Å². The Bertz CT molecular complexity index is 547. The molecule has 3 unspecified atom stereocenters. The third-order valence-electron chi connectivity index (χ3n) is 5.32. The molecule has 0 heterocycles. The van der Waals surface area contributed by atoms with Crippen LogP contribution in [0.2, 0.25) is 0 Å². The maximum Gasteiger partial charge on any atom is 0.308 e. The SMILES string of the molecule is CCCCC(CC)C(=O)OCC(CC)(COc1ccccc1)COC(C)OCC. The van der Waals surface area contributed by atoms with E-state index >= 15 is 0 Å². The summed E-state index contributed by atoms with van der Waals surface area (Å²) >= 11 is 0. The van der Waals surface area contributed by atoms with Crippen LogP contribution in [0.5, 0.6) is 5.75 Å². The molecule has 0 N–H and O–H groups in total. The Labute approximate surface area is 177 Å². The Balaban J connectivity index is 2.79. The maximum atomic E-state index is 12.6. The van der Waals surface area contributed by atoms with Crippen molar-refractivity contribution in [1.29, 1.82) is 0 Å². The van der Waals surface area contributed by atoms with Crippen molar-refractivity contribution in [3.8, 4) is 5.75 Å². The number of hydrogen-bond acceptors (Lipinski definition) is 5. The van der Waals surface area contributed by atoms with Gasteiger partial charge in [-0.1, -0.05) is 51.8 Å². The smallest absolute Gasteiger partial charge is 0.308 e. The van der Waals surface area contributed by atoms with Gasteiger partial charge in [0.25, 0.3) is 0 Å². The summed E-state index contributed by atoms with van der Waals surface area (Å²) in [4.78, 5) is 12.6. The summed E-state index contributed by atoms with van der Waals surface area (Å²) in [6.07, 6.45) is 4.25. The summed E-state index contributed by atoms with van der Waals surface area (Å²) in [5.41, 5.74) is -0.431. The van der Waals surface area contributed by atoms with E-state index in [0.717, 1.165) is 37.9 Å². The van der Waals surface area contributed by atoms with Crippen LogP contribution in [0, 0.1) is 11.3 Å². The molecule has 0 saturated heterocycles. The fourth-order valence-corrected chi connectivity index (χ4v) is 3.04. The molecule has 1 aromatic carbocycles. The predicted octanol–water partition coefficient (Wildman–Crippen LogP) is 5.62. The van der Waals surface area contributed by atoms with Gasteiger partial charge in [0.1, 0.15) is 12.4 Å². The number of ether oxygens (including phenoxy) is 4. The molecule has 0 fully saturated rings. The molecule has 0 aliphatic carbocycles. The molecule has 0 aliphatic rings. The molecular weight excluding hydrogens is 368 g/mol. The largest absolute Gasteiger partial charge is 0.493 e. The van der Waals surface area contributed by atoms with Crippen molar-refractivity contribution < 1.29 is 23.7 Å². The summed E-state index contributed by atoms with van der Waals surface area (Å²) in [6, 6.07) is 9.68. The third-order valence-corrected chi connectivity index (χ3v) is 5.32. The zero-order valence-corrected chi connectivity index (χ0v) is 18.9. The van der Waals surface area contributed by atoms with Gasteiger partial charge in [0, 0.05) is 6.61 Å². The highest BCUT2D eigenvalue weighted by molar-refractivity contribution is 5.72. The van der Waals surface area contributed by atoms with E-state index in [1.165, 1.54) is 0 Å². The average Bonchev–Trinajstić information content (AvgIpc) is 2.75. The van der Waals surface area contributed by atoms with E-state index in [2.05, 4.69) is 13.8 Å². The van der Waals surface area contributed by atoms with E-state index in [9.17, 15) is 4.79 Å². The van der Waals surface area contributed by atoms with Crippen molar-refractivity contribution in [3.63, 3.8) is 0 Å². The first-order valence-electron chi connectivity index (χ1n) is 11.1. The van der Waals surface area contributed by atoms with Gasteiger partial charge in [-0.2, -0.15) is 0 Å². The highest BCUT2D eigenvalue weighted by atomic mass is 16.7. The van der Waals surface area contributed by atoms with Gasteiger partial charge < -0.3 is 18.9 Å². The Hall–Kier alpha value is -1.59. The zero-order valence-electron chi connectivity index (χ0n) is 18.9. The van der Waals surface area contributed by atoms with Gasteiger partial charge in [-0.3, -0.25) is 4.79 Å². The Morgan fingerprint density at radius 3 is 2.31 bits per heavy atom. The van der Waals surface area contributed by atoms with Crippen LogP contribution in [-0.4, -0.2) is 38.7 Å². The van der Waals surface area contributed by atoms with E-state index in [1.807, 2.05) is 51.1 Å². The van der Waals surface area contributed by atoms with Crippen LogP contribution in [0.1, 0.15) is 66.7 Å². The lowest BCUT2D eigenvalue weighted by atomic mass is 9.87. The minimum absolute atomic E-state index is 0.0391. The van der Waals surface area contributed by atoms with Crippen molar-refractivity contribution in [2.45, 2.75) is 73.0 Å². The van der Waals surface area contributed by atoms with Crippen LogP contribution in [0.3, 0.4) is 0 Å². The number of carbonyl (C=O) groups is 1. The standard InChI is InChI=1S/C24H40O5/c1-6-10-14-21(7-2)23(25)29-19-24(8-3,17-27-20(5)26-9-4)18-28-22-15-12-11-13-16-22/h11-13,15-16,20-21H,6-10,14,17-19H2,1-5H3. The van der Waals surface area contributed by atoms with Crippen molar-refractivity contribution >= 4 is 5.97 Å². The van der Waals surface area contributed by atoms with Crippen LogP contribution < -0.4 is 4.74 Å². The second kappa shape index (κ2) is 14.4. The Kier molecular flexibility index (Phi) is 12.6. The van der Waals surface area contributed by atoms with Crippen LogP contribution in [0.25, 0.3) is 0 Å². The second-order valence-electron chi connectivity index (χ2n) is 7.64. The fourth-order valence-electron chi connectivity index (χ4n) is 3.04. The van der Waals surface area contributed by atoms with Crippen LogP contribution in [-0.2, 0) is 19.0 Å². The molecule has 5 heteroatoms. The van der Waals surface area contributed by atoms with Gasteiger partial charge in [0.2, 0.25) is 0 Å². The quantitative estimate of drug-likeness (QED) is 0.262. The topological polar surface area (TPSA) is 54.0 Å². The molecule has 0 saturated carbocycles. The minimum atomic E-state index is -0.431. The Morgan fingerprint density at radius 2 is 1.72 bits per heavy atom. The molecule has 166 valence electrons. The lowest BCUT2D eigenvalue weighted by molar-refractivity contribution is -0.171. The number of benzene rings is 1. The number of carbonyl (C=O) groups excluding carboxylic acids is 1. The van der Waals surface area contributed by atoms with Gasteiger partial charge in [0.05, 0.1) is 24.5 Å². The number of unbranched alkanes of at least 4 members (excludes halogenated alkanes) is 1. The molecule has 0 spiro atoms. The first-order valence-corrected chi connectivity index (χ1v) is 11.1. The van der Waals surface area contributed by atoms with E-state index in [0.29, 0.717) is 19.8 Å². The second-order valence-corrected chi connectivity index (χ2v) is 7.64. The first-order chi connectivity index (χ1) is 14.0. The van der Waals surface area contributed by atoms with Crippen molar-refractivity contribution in [1.82, 2.24) is 0 Å². The molecule has 0 bridgehead atoms. The number of hydrogen-bond donors (Lipinski definition) is 0. The summed E-state index contributed by atoms with van der Waals surface area (Å²) in [5, 5.41) is 0. The molecule has 0 aliphatic heterocycles. The van der Waals surface area contributed by atoms with Gasteiger partial charge in [0.15, 0.2) is 6.29 Å². The summed E-state index contributed by atoms with van der Waals surface area (Å²) in [7, 11) is 0. The van der Waals surface area contributed by atoms with Crippen molar-refractivity contribution in [2.24, 2.45) is 11.3 Å². The van der Waals surface area contributed by atoms with Crippen molar-refractivity contribution in [3.05, 3.63) is 30.3 Å². The van der Waals surface area contributed by atoms with Gasteiger partial charge in [-0.15, -0.1) is 0 Å². The summed E-state index contributed by atoms with van der Waals surface area (Å²) in [6.45, 7) is 11.7. The summed E-state index contributed by atoms with van der Waals surface area (Å²) < 4.78 is 23.2. The fraction of sp³-hybridized carbons (Fsp3) is 0.708. The molecule has 0 aromatic heterocycles. The van der Waals surface area contributed by atoms with Gasteiger partial charge in [-0.05, 0) is 45.2 Å². The minimum Gasteiger partial charge on any atom is -0.493 e. The van der Waals surface area contributed by atoms with Crippen molar-refractivity contribution in [2.75, 3.05) is 26.4 Å². The third kappa shape index (κ3) is 9.64. The van der Waals surface area contributed by atoms with E-state index in [4.69, 9.17) is 18.9 Å². The van der Waals surface area contributed by atoms with E-state index < -0.39 is 5.41 Å². The maximum absolute atomic E-state index is 12.6. The average molecular weight is 409 g/mol. The lowest BCUT2D eigenvalue weighted by Gasteiger charge is -2.33. The molecule has 1 rings (SSSR count). The predicted molar refractivity (Wildman–Crippen MR) is 116 cm³/mol. The molecule has 0 radical (unpaired) electrons. The van der Waals surface area contributed by atoms with E-state index in [-0.39, 0.29) is 24.8 Å². The van der Waals surface area contributed by atoms with Crippen LogP contribution >= 0.6 is 0 Å². The molecule has 0 amide bonds. The highest BCUT2D eigenvalue weighted by Gasteiger charge is 2.33. The highest BCUT2D eigenvalue weighted by Crippen LogP contribution is 2.27. The molecule has 1 aromatic rings. The molecular formula is C24H40O5. The van der Waals surface area contributed by atoms with Crippen LogP contribution in [0.4, 0.5) is 0 Å². The monoisotopic (exact) mass is 408 g/mol. The summed E-state index contributed by atoms with van der Waals surface area (Å²) in [5.74, 6) is 0.642. The number of para-hydroxylation sites is 1. The van der Waals surface area contributed by atoms with Gasteiger partial charge in [-0.25, -0.2) is 0 Å². The first kappa shape index (κ1) is 25.4. The zero-order chi connectivity index (χ0) is 21.5. The van der Waals surface area contributed by atoms with E-state index in [1.54, 1.807) is 0 Å². The lowest BCUT2D eigenvalue weighted by Crippen LogP contribution is -2.40. The molecule has 3 atom stereocenters.